The van der Waals surface area contributed by atoms with Crippen LogP contribution in [0.1, 0.15) is 24.1 Å². The maximum absolute atomic E-state index is 11.6. The number of rotatable bonds is 4. The second-order valence-corrected chi connectivity index (χ2v) is 7.15. The molecule has 0 atom stereocenters. The molecule has 1 fully saturated rings. The van der Waals surface area contributed by atoms with Crippen LogP contribution < -0.4 is 0 Å². The van der Waals surface area contributed by atoms with Crippen LogP contribution in [-0.2, 0) is 16.1 Å². The van der Waals surface area contributed by atoms with Gasteiger partial charge >= 0.3 is 5.97 Å². The Morgan fingerprint density at radius 3 is 2.82 bits per heavy atom. The van der Waals surface area contributed by atoms with Gasteiger partial charge in [0.25, 0.3) is 0 Å². The quantitative estimate of drug-likeness (QED) is 0.785. The summed E-state index contributed by atoms with van der Waals surface area (Å²) in [4.78, 5) is 12.6. The second-order valence-electron chi connectivity index (χ2n) is 4.13. The monoisotopic (exact) mass is 290 g/mol. The fraction of sp³-hybridized carbons (Fsp3) is 0.583. The van der Waals surface area contributed by atoms with Crippen molar-refractivity contribution in [3.8, 4) is 0 Å². The highest BCUT2D eigenvalue weighted by atomic mass is 35.5. The van der Waals surface area contributed by atoms with E-state index in [9.17, 15) is 4.79 Å². The lowest BCUT2D eigenvalue weighted by atomic mass is 9.99. The zero-order valence-corrected chi connectivity index (χ0v) is 11.9. The van der Waals surface area contributed by atoms with Gasteiger partial charge in [0, 0.05) is 11.3 Å². The van der Waals surface area contributed by atoms with E-state index in [0.29, 0.717) is 18.9 Å². The molecule has 0 spiro atoms. The maximum atomic E-state index is 11.6. The van der Waals surface area contributed by atoms with Gasteiger partial charge in [-0.25, -0.2) is 0 Å². The van der Waals surface area contributed by atoms with E-state index in [1.807, 2.05) is 23.9 Å². The van der Waals surface area contributed by atoms with Gasteiger partial charge in [-0.05, 0) is 42.4 Å². The van der Waals surface area contributed by atoms with E-state index >= 15 is 0 Å². The third-order valence-electron chi connectivity index (χ3n) is 2.80. The topological polar surface area (TPSA) is 26.3 Å². The van der Waals surface area contributed by atoms with Crippen LogP contribution in [0.2, 0.25) is 4.34 Å². The fourth-order valence-corrected chi connectivity index (χ4v) is 4.03. The van der Waals surface area contributed by atoms with Crippen molar-refractivity contribution in [3.05, 3.63) is 21.3 Å². The van der Waals surface area contributed by atoms with Gasteiger partial charge in [0.05, 0.1) is 4.34 Å². The average Bonchev–Trinajstić information content (AvgIpc) is 2.74. The fourth-order valence-electron chi connectivity index (χ4n) is 1.83. The maximum Gasteiger partial charge on any atom is 0.306 e. The standard InChI is InChI=1S/C12H15ClO2S2/c13-11-2-1-10(17-11)8-15-12(14)7-9-3-5-16-6-4-9/h1-2,9H,3-8H2. The number of esters is 1. The molecule has 1 aromatic rings. The van der Waals surface area contributed by atoms with Crippen LogP contribution in [0.3, 0.4) is 0 Å². The molecule has 0 N–H and O–H groups in total. The lowest BCUT2D eigenvalue weighted by Crippen LogP contribution is -2.15. The Bertz CT molecular complexity index is 372. The molecule has 0 aromatic carbocycles. The zero-order chi connectivity index (χ0) is 12.1. The SMILES string of the molecule is O=C(CC1CCSCC1)OCc1ccc(Cl)s1. The van der Waals surface area contributed by atoms with E-state index < -0.39 is 0 Å². The minimum atomic E-state index is -0.0774. The number of carbonyl (C=O) groups excluding carboxylic acids is 1. The Labute approximate surface area is 115 Å². The molecule has 2 heterocycles. The predicted molar refractivity (Wildman–Crippen MR) is 73.8 cm³/mol. The molecule has 1 aliphatic heterocycles. The van der Waals surface area contributed by atoms with Crippen LogP contribution >= 0.6 is 34.7 Å². The molecule has 0 bridgehead atoms. The van der Waals surface area contributed by atoms with Gasteiger partial charge < -0.3 is 4.74 Å². The lowest BCUT2D eigenvalue weighted by Gasteiger charge is -2.20. The van der Waals surface area contributed by atoms with Crippen molar-refractivity contribution in [1.29, 1.82) is 0 Å². The molecule has 17 heavy (non-hydrogen) atoms. The van der Waals surface area contributed by atoms with E-state index in [-0.39, 0.29) is 5.97 Å². The molecular weight excluding hydrogens is 276 g/mol. The number of ether oxygens (including phenoxy) is 1. The zero-order valence-electron chi connectivity index (χ0n) is 9.49. The van der Waals surface area contributed by atoms with Crippen LogP contribution in [-0.4, -0.2) is 17.5 Å². The molecule has 94 valence electrons. The average molecular weight is 291 g/mol. The lowest BCUT2D eigenvalue weighted by molar-refractivity contribution is -0.146. The van der Waals surface area contributed by atoms with Crippen molar-refractivity contribution < 1.29 is 9.53 Å². The minimum absolute atomic E-state index is 0.0774. The highest BCUT2D eigenvalue weighted by Gasteiger charge is 2.18. The summed E-state index contributed by atoms with van der Waals surface area (Å²) < 4.78 is 5.99. The minimum Gasteiger partial charge on any atom is -0.460 e. The Balaban J connectivity index is 1.70. The Morgan fingerprint density at radius 2 is 2.18 bits per heavy atom. The molecule has 0 saturated carbocycles. The summed E-state index contributed by atoms with van der Waals surface area (Å²) in [6, 6.07) is 3.73. The number of hydrogen-bond donors (Lipinski definition) is 0. The molecule has 0 radical (unpaired) electrons. The van der Waals surface area contributed by atoms with Crippen molar-refractivity contribution in [3.63, 3.8) is 0 Å². The highest BCUT2D eigenvalue weighted by molar-refractivity contribution is 7.99. The number of thioether (sulfide) groups is 1. The normalized spacial score (nSPS) is 17.0. The summed E-state index contributed by atoms with van der Waals surface area (Å²) in [5, 5.41) is 0. The van der Waals surface area contributed by atoms with E-state index in [2.05, 4.69) is 0 Å². The van der Waals surface area contributed by atoms with Crippen LogP contribution in [0.5, 0.6) is 0 Å². The summed E-state index contributed by atoms with van der Waals surface area (Å²) in [6.07, 6.45) is 2.86. The molecule has 5 heteroatoms. The first kappa shape index (κ1) is 13.2. The van der Waals surface area contributed by atoms with Gasteiger partial charge in [-0.1, -0.05) is 11.6 Å². The van der Waals surface area contributed by atoms with E-state index in [4.69, 9.17) is 16.3 Å². The highest BCUT2D eigenvalue weighted by Crippen LogP contribution is 2.26. The number of hydrogen-bond acceptors (Lipinski definition) is 4. The van der Waals surface area contributed by atoms with E-state index in [1.54, 1.807) is 0 Å². The molecule has 1 aliphatic rings. The largest absolute Gasteiger partial charge is 0.460 e. The third-order valence-corrected chi connectivity index (χ3v) is 5.05. The molecule has 1 saturated heterocycles. The molecule has 2 rings (SSSR count). The van der Waals surface area contributed by atoms with E-state index in [1.165, 1.54) is 22.8 Å². The molecule has 0 aliphatic carbocycles. The Hall–Kier alpha value is -0.190. The molecule has 0 amide bonds. The number of halogens is 1. The predicted octanol–water partition coefficient (Wildman–Crippen LogP) is 3.98. The molecule has 1 aromatic heterocycles. The van der Waals surface area contributed by atoms with Gasteiger partial charge in [0.15, 0.2) is 0 Å². The Morgan fingerprint density at radius 1 is 1.41 bits per heavy atom. The van der Waals surface area contributed by atoms with Crippen molar-refractivity contribution in [2.75, 3.05) is 11.5 Å². The first-order valence-corrected chi connectivity index (χ1v) is 8.06. The summed E-state index contributed by atoms with van der Waals surface area (Å²) in [5.74, 6) is 2.80. The molecule has 0 unspecified atom stereocenters. The van der Waals surface area contributed by atoms with Crippen molar-refractivity contribution >= 4 is 40.7 Å². The van der Waals surface area contributed by atoms with Crippen LogP contribution in [0.4, 0.5) is 0 Å². The number of carbonyl (C=O) groups is 1. The van der Waals surface area contributed by atoms with Crippen molar-refractivity contribution in [2.45, 2.75) is 25.9 Å². The van der Waals surface area contributed by atoms with Gasteiger partial charge in [0.1, 0.15) is 6.61 Å². The van der Waals surface area contributed by atoms with Gasteiger partial charge in [-0.3, -0.25) is 4.79 Å². The Kier molecular flexibility index (Phi) is 5.19. The summed E-state index contributed by atoms with van der Waals surface area (Å²) in [5.41, 5.74) is 0. The second kappa shape index (κ2) is 6.66. The van der Waals surface area contributed by atoms with Crippen LogP contribution in [0.25, 0.3) is 0 Å². The summed E-state index contributed by atoms with van der Waals surface area (Å²) in [6.45, 7) is 0.359. The summed E-state index contributed by atoms with van der Waals surface area (Å²) in [7, 11) is 0. The smallest absolute Gasteiger partial charge is 0.306 e. The third kappa shape index (κ3) is 4.53. The molecule has 2 nitrogen and oxygen atoms in total. The van der Waals surface area contributed by atoms with E-state index in [0.717, 1.165) is 22.1 Å². The first-order valence-electron chi connectivity index (χ1n) is 5.71. The van der Waals surface area contributed by atoms with Gasteiger partial charge in [-0.2, -0.15) is 11.8 Å². The van der Waals surface area contributed by atoms with Crippen LogP contribution in [0.15, 0.2) is 12.1 Å². The molecular formula is C12H15ClO2S2. The number of thiophene rings is 1. The first-order chi connectivity index (χ1) is 8.24. The van der Waals surface area contributed by atoms with Crippen molar-refractivity contribution in [2.24, 2.45) is 5.92 Å². The van der Waals surface area contributed by atoms with Gasteiger partial charge in [0.2, 0.25) is 0 Å². The summed E-state index contributed by atoms with van der Waals surface area (Å²) >= 11 is 9.24. The van der Waals surface area contributed by atoms with Gasteiger partial charge in [-0.15, -0.1) is 11.3 Å². The van der Waals surface area contributed by atoms with Crippen LogP contribution in [0, 0.1) is 5.92 Å². The van der Waals surface area contributed by atoms with Crippen molar-refractivity contribution in [1.82, 2.24) is 0 Å².